The van der Waals surface area contributed by atoms with E-state index in [9.17, 15) is 5.11 Å². The number of rotatable bonds is 2. The van der Waals surface area contributed by atoms with Gasteiger partial charge in [-0.1, -0.05) is 47.5 Å². The average molecular weight is 308 g/mol. The van der Waals surface area contributed by atoms with Gasteiger partial charge in [0.25, 0.3) is 0 Å². The highest BCUT2D eigenvalue weighted by Gasteiger charge is 2.28. The third-order valence-corrected chi connectivity index (χ3v) is 4.32. The molecule has 104 valence electrons. The van der Waals surface area contributed by atoms with Crippen LogP contribution in [-0.4, -0.2) is 11.7 Å². The summed E-state index contributed by atoms with van der Waals surface area (Å²) in [6.45, 7) is 0.844. The lowest BCUT2D eigenvalue weighted by molar-refractivity contribution is 0.125. The molecule has 0 saturated heterocycles. The van der Waals surface area contributed by atoms with E-state index in [4.69, 9.17) is 23.2 Å². The van der Waals surface area contributed by atoms with Crippen LogP contribution in [-0.2, 0) is 6.42 Å². The standard InChI is InChI=1S/C16H15Cl2NO/c17-11-5-6-14(18)13(9-11)16(20)15-12-4-2-1-3-10(12)7-8-19-15/h1-6,9,15-16,19-20H,7-8H2. The Morgan fingerprint density at radius 1 is 1.15 bits per heavy atom. The van der Waals surface area contributed by atoms with Gasteiger partial charge in [0.05, 0.1) is 12.1 Å². The summed E-state index contributed by atoms with van der Waals surface area (Å²) in [6, 6.07) is 13.2. The molecule has 1 aliphatic rings. The molecule has 0 aliphatic carbocycles. The van der Waals surface area contributed by atoms with Crippen molar-refractivity contribution in [2.24, 2.45) is 0 Å². The minimum absolute atomic E-state index is 0.157. The van der Waals surface area contributed by atoms with Gasteiger partial charge in [0.15, 0.2) is 0 Å². The molecule has 0 bridgehead atoms. The molecule has 3 rings (SSSR count). The molecule has 2 atom stereocenters. The Morgan fingerprint density at radius 2 is 1.95 bits per heavy atom. The van der Waals surface area contributed by atoms with Gasteiger partial charge in [-0.2, -0.15) is 0 Å². The Morgan fingerprint density at radius 3 is 2.80 bits per heavy atom. The van der Waals surface area contributed by atoms with Crippen molar-refractivity contribution < 1.29 is 5.11 Å². The second kappa shape index (κ2) is 5.74. The molecule has 1 aliphatic heterocycles. The highest BCUT2D eigenvalue weighted by atomic mass is 35.5. The Kier molecular flexibility index (Phi) is 3.99. The fraction of sp³-hybridized carbons (Fsp3) is 0.250. The molecule has 2 unspecified atom stereocenters. The SMILES string of the molecule is OC(c1cc(Cl)ccc1Cl)C1NCCc2ccccc21. The zero-order chi connectivity index (χ0) is 14.1. The maximum Gasteiger partial charge on any atom is 0.0999 e. The van der Waals surface area contributed by atoms with Gasteiger partial charge in [-0.3, -0.25) is 0 Å². The van der Waals surface area contributed by atoms with E-state index in [0.29, 0.717) is 15.6 Å². The first-order valence-corrected chi connectivity index (χ1v) is 7.36. The summed E-state index contributed by atoms with van der Waals surface area (Å²) in [7, 11) is 0. The molecular weight excluding hydrogens is 293 g/mol. The number of benzene rings is 2. The first-order valence-electron chi connectivity index (χ1n) is 6.61. The van der Waals surface area contributed by atoms with Crippen molar-refractivity contribution in [2.75, 3.05) is 6.54 Å². The lowest BCUT2D eigenvalue weighted by atomic mass is 9.88. The van der Waals surface area contributed by atoms with E-state index in [0.717, 1.165) is 18.5 Å². The Hall–Kier alpha value is -1.06. The van der Waals surface area contributed by atoms with E-state index in [2.05, 4.69) is 11.4 Å². The van der Waals surface area contributed by atoms with Gasteiger partial charge in [0.2, 0.25) is 0 Å². The van der Waals surface area contributed by atoms with Crippen LogP contribution < -0.4 is 5.32 Å². The van der Waals surface area contributed by atoms with Crippen LogP contribution in [0.4, 0.5) is 0 Å². The lowest BCUT2D eigenvalue weighted by Crippen LogP contribution is -2.34. The first kappa shape index (κ1) is 13.9. The molecule has 4 heteroatoms. The van der Waals surface area contributed by atoms with Gasteiger partial charge in [-0.05, 0) is 42.3 Å². The summed E-state index contributed by atoms with van der Waals surface area (Å²) >= 11 is 12.2. The summed E-state index contributed by atoms with van der Waals surface area (Å²) in [5, 5.41) is 15.2. The van der Waals surface area contributed by atoms with Crippen molar-refractivity contribution in [1.82, 2.24) is 5.32 Å². The highest BCUT2D eigenvalue weighted by Crippen LogP contribution is 2.37. The van der Waals surface area contributed by atoms with Gasteiger partial charge in [0, 0.05) is 15.6 Å². The summed E-state index contributed by atoms with van der Waals surface area (Å²) < 4.78 is 0. The Balaban J connectivity index is 1.99. The second-order valence-electron chi connectivity index (χ2n) is 4.99. The first-order chi connectivity index (χ1) is 9.66. The fourth-order valence-electron chi connectivity index (χ4n) is 2.74. The normalized spacial score (nSPS) is 19.4. The molecule has 2 aromatic carbocycles. The Bertz CT molecular complexity index is 630. The van der Waals surface area contributed by atoms with Crippen molar-refractivity contribution >= 4 is 23.2 Å². The third-order valence-electron chi connectivity index (χ3n) is 3.74. The molecule has 0 spiro atoms. The van der Waals surface area contributed by atoms with Crippen LogP contribution in [0.25, 0.3) is 0 Å². The van der Waals surface area contributed by atoms with E-state index in [-0.39, 0.29) is 6.04 Å². The predicted octanol–water partition coefficient (Wildman–Crippen LogP) is 3.91. The van der Waals surface area contributed by atoms with E-state index in [1.54, 1.807) is 18.2 Å². The molecular formula is C16H15Cl2NO. The fourth-order valence-corrected chi connectivity index (χ4v) is 3.15. The number of aliphatic hydroxyl groups excluding tert-OH is 1. The van der Waals surface area contributed by atoms with Crippen LogP contribution in [0.5, 0.6) is 0 Å². The maximum atomic E-state index is 10.7. The third kappa shape index (κ3) is 2.57. The van der Waals surface area contributed by atoms with Gasteiger partial charge < -0.3 is 10.4 Å². The summed E-state index contributed by atoms with van der Waals surface area (Å²) in [4.78, 5) is 0. The zero-order valence-electron chi connectivity index (χ0n) is 10.8. The number of aliphatic hydroxyl groups is 1. The van der Waals surface area contributed by atoms with Crippen LogP contribution in [0.1, 0.15) is 28.8 Å². The van der Waals surface area contributed by atoms with Crippen molar-refractivity contribution in [3.05, 3.63) is 69.2 Å². The minimum atomic E-state index is -0.720. The molecule has 20 heavy (non-hydrogen) atoms. The highest BCUT2D eigenvalue weighted by molar-refractivity contribution is 6.33. The van der Waals surface area contributed by atoms with E-state index >= 15 is 0 Å². The second-order valence-corrected chi connectivity index (χ2v) is 5.83. The number of nitrogens with one attached hydrogen (secondary N) is 1. The number of hydrogen-bond acceptors (Lipinski definition) is 2. The van der Waals surface area contributed by atoms with Crippen LogP contribution in [0.15, 0.2) is 42.5 Å². The number of halogens is 2. The van der Waals surface area contributed by atoms with Gasteiger partial charge in [-0.15, -0.1) is 0 Å². The Labute approximate surface area is 128 Å². The van der Waals surface area contributed by atoms with Crippen molar-refractivity contribution in [1.29, 1.82) is 0 Å². The lowest BCUT2D eigenvalue weighted by Gasteiger charge is -2.31. The molecule has 1 heterocycles. The monoisotopic (exact) mass is 307 g/mol. The van der Waals surface area contributed by atoms with Crippen LogP contribution in [0.3, 0.4) is 0 Å². The van der Waals surface area contributed by atoms with Crippen molar-refractivity contribution in [3.8, 4) is 0 Å². The topological polar surface area (TPSA) is 32.3 Å². The van der Waals surface area contributed by atoms with Crippen LogP contribution in [0.2, 0.25) is 10.0 Å². The molecule has 0 amide bonds. The van der Waals surface area contributed by atoms with E-state index in [1.807, 2.05) is 18.2 Å². The summed E-state index contributed by atoms with van der Waals surface area (Å²) in [5.74, 6) is 0. The van der Waals surface area contributed by atoms with Crippen molar-refractivity contribution in [2.45, 2.75) is 18.6 Å². The van der Waals surface area contributed by atoms with Crippen LogP contribution >= 0.6 is 23.2 Å². The van der Waals surface area contributed by atoms with Gasteiger partial charge in [-0.25, -0.2) is 0 Å². The minimum Gasteiger partial charge on any atom is -0.386 e. The van der Waals surface area contributed by atoms with Crippen molar-refractivity contribution in [3.63, 3.8) is 0 Å². The quantitative estimate of drug-likeness (QED) is 0.881. The number of fused-ring (bicyclic) bond motifs is 1. The molecule has 0 radical (unpaired) electrons. The molecule has 0 fully saturated rings. The average Bonchev–Trinajstić information content (AvgIpc) is 2.48. The van der Waals surface area contributed by atoms with Crippen LogP contribution in [0, 0.1) is 0 Å². The predicted molar refractivity (Wildman–Crippen MR) is 82.3 cm³/mol. The van der Waals surface area contributed by atoms with Gasteiger partial charge >= 0.3 is 0 Å². The molecule has 0 aromatic heterocycles. The molecule has 2 aromatic rings. The number of hydrogen-bond donors (Lipinski definition) is 2. The summed E-state index contributed by atoms with van der Waals surface area (Å²) in [5.41, 5.74) is 3.06. The molecule has 0 saturated carbocycles. The molecule has 2 nitrogen and oxygen atoms in total. The van der Waals surface area contributed by atoms with E-state index in [1.165, 1.54) is 5.56 Å². The molecule has 2 N–H and O–H groups in total. The summed E-state index contributed by atoms with van der Waals surface area (Å²) in [6.07, 6.45) is 0.255. The maximum absolute atomic E-state index is 10.7. The zero-order valence-corrected chi connectivity index (χ0v) is 12.3. The van der Waals surface area contributed by atoms with Gasteiger partial charge in [0.1, 0.15) is 0 Å². The van der Waals surface area contributed by atoms with E-state index < -0.39 is 6.10 Å². The largest absolute Gasteiger partial charge is 0.386 e. The smallest absolute Gasteiger partial charge is 0.0999 e.